The minimum Gasteiger partial charge on any atom is -0.356 e. The van der Waals surface area contributed by atoms with Crippen LogP contribution < -0.4 is 5.32 Å². The lowest BCUT2D eigenvalue weighted by molar-refractivity contribution is -0.121. The van der Waals surface area contributed by atoms with Gasteiger partial charge < -0.3 is 5.32 Å². The first-order valence-electron chi connectivity index (χ1n) is 6.43. The van der Waals surface area contributed by atoms with Crippen LogP contribution in [0.4, 0.5) is 0 Å². The largest absolute Gasteiger partial charge is 0.356 e. The van der Waals surface area contributed by atoms with Crippen molar-refractivity contribution in [2.75, 3.05) is 6.54 Å². The van der Waals surface area contributed by atoms with Crippen molar-refractivity contribution < 1.29 is 4.79 Å². The van der Waals surface area contributed by atoms with Gasteiger partial charge in [0.25, 0.3) is 0 Å². The molecule has 2 nitrogen and oxygen atoms in total. The van der Waals surface area contributed by atoms with E-state index in [0.717, 1.165) is 13.0 Å². The Morgan fingerprint density at radius 1 is 1.07 bits per heavy atom. The Labute approximate surface area is 94.8 Å². The average molecular weight is 213 g/mol. The number of rotatable bonds is 9. The summed E-state index contributed by atoms with van der Waals surface area (Å²) in [6, 6.07) is 0. The number of hydrogen-bond donors (Lipinski definition) is 1. The van der Waals surface area contributed by atoms with E-state index in [1.165, 1.54) is 32.1 Å². The van der Waals surface area contributed by atoms with E-state index < -0.39 is 0 Å². The van der Waals surface area contributed by atoms with Crippen molar-refractivity contribution in [3.05, 3.63) is 0 Å². The fourth-order valence-corrected chi connectivity index (χ4v) is 1.58. The van der Waals surface area contributed by atoms with E-state index in [9.17, 15) is 4.79 Å². The maximum absolute atomic E-state index is 11.3. The maximum atomic E-state index is 11.3. The van der Waals surface area contributed by atoms with Gasteiger partial charge in [0.1, 0.15) is 0 Å². The van der Waals surface area contributed by atoms with Crippen molar-refractivity contribution in [2.24, 2.45) is 5.92 Å². The van der Waals surface area contributed by atoms with Crippen LogP contribution in [-0.4, -0.2) is 12.5 Å². The summed E-state index contributed by atoms with van der Waals surface area (Å²) in [6.45, 7) is 7.23. The molecule has 0 aliphatic carbocycles. The van der Waals surface area contributed by atoms with E-state index >= 15 is 0 Å². The van der Waals surface area contributed by atoms with E-state index in [0.29, 0.717) is 12.3 Å². The zero-order valence-corrected chi connectivity index (χ0v) is 10.6. The molecule has 0 aliphatic heterocycles. The van der Waals surface area contributed by atoms with Crippen molar-refractivity contribution in [3.8, 4) is 0 Å². The van der Waals surface area contributed by atoms with Crippen LogP contribution in [0.15, 0.2) is 0 Å². The molecule has 1 N–H and O–H groups in total. The topological polar surface area (TPSA) is 29.1 Å². The Morgan fingerprint density at radius 3 is 2.27 bits per heavy atom. The van der Waals surface area contributed by atoms with Crippen LogP contribution in [-0.2, 0) is 4.79 Å². The molecule has 0 atom stereocenters. The minimum absolute atomic E-state index is 0.207. The molecule has 0 radical (unpaired) electrons. The normalized spacial score (nSPS) is 10.7. The van der Waals surface area contributed by atoms with E-state index in [-0.39, 0.29) is 5.91 Å². The molecular weight excluding hydrogens is 186 g/mol. The van der Waals surface area contributed by atoms with E-state index in [1.807, 2.05) is 0 Å². The van der Waals surface area contributed by atoms with Gasteiger partial charge in [0.05, 0.1) is 0 Å². The van der Waals surface area contributed by atoms with Crippen molar-refractivity contribution in [2.45, 2.75) is 65.7 Å². The lowest BCUT2D eigenvalue weighted by atomic mass is 10.1. The molecule has 0 aliphatic rings. The van der Waals surface area contributed by atoms with Gasteiger partial charge >= 0.3 is 0 Å². The van der Waals surface area contributed by atoms with Gasteiger partial charge in [-0.05, 0) is 12.3 Å². The van der Waals surface area contributed by atoms with Gasteiger partial charge in [-0.1, -0.05) is 52.9 Å². The highest BCUT2D eigenvalue weighted by atomic mass is 16.1. The van der Waals surface area contributed by atoms with Crippen molar-refractivity contribution in [1.82, 2.24) is 5.32 Å². The van der Waals surface area contributed by atoms with Crippen molar-refractivity contribution in [1.29, 1.82) is 0 Å². The van der Waals surface area contributed by atoms with Crippen molar-refractivity contribution in [3.63, 3.8) is 0 Å². The van der Waals surface area contributed by atoms with Crippen LogP contribution in [0.1, 0.15) is 65.7 Å². The summed E-state index contributed by atoms with van der Waals surface area (Å²) < 4.78 is 0. The number of hydrogen-bond acceptors (Lipinski definition) is 1. The van der Waals surface area contributed by atoms with Crippen molar-refractivity contribution >= 4 is 5.91 Å². The fourth-order valence-electron chi connectivity index (χ4n) is 1.58. The lowest BCUT2D eigenvalue weighted by Crippen LogP contribution is -2.25. The van der Waals surface area contributed by atoms with Crippen LogP contribution in [0.2, 0.25) is 0 Å². The maximum Gasteiger partial charge on any atom is 0.220 e. The molecule has 15 heavy (non-hydrogen) atoms. The van der Waals surface area contributed by atoms with Gasteiger partial charge in [0.15, 0.2) is 0 Å². The second-order valence-electron chi connectivity index (χ2n) is 4.72. The first-order chi connectivity index (χ1) is 7.16. The number of carbonyl (C=O) groups excluding carboxylic acids is 1. The molecule has 90 valence electrons. The molecule has 0 saturated carbocycles. The zero-order chi connectivity index (χ0) is 11.5. The molecule has 0 aromatic heterocycles. The first kappa shape index (κ1) is 14.5. The monoisotopic (exact) mass is 213 g/mol. The molecule has 2 heteroatoms. The summed E-state index contributed by atoms with van der Waals surface area (Å²) in [7, 11) is 0. The smallest absolute Gasteiger partial charge is 0.220 e. The number of unbranched alkanes of at least 4 members (excludes halogenated alkanes) is 5. The highest BCUT2D eigenvalue weighted by Crippen LogP contribution is 2.04. The second kappa shape index (κ2) is 10.0. The molecule has 0 rings (SSSR count). The van der Waals surface area contributed by atoms with Gasteiger partial charge in [-0.2, -0.15) is 0 Å². The van der Waals surface area contributed by atoms with Crippen LogP contribution in [0.25, 0.3) is 0 Å². The Morgan fingerprint density at radius 2 is 1.67 bits per heavy atom. The van der Waals surface area contributed by atoms with Crippen LogP contribution in [0.3, 0.4) is 0 Å². The van der Waals surface area contributed by atoms with Gasteiger partial charge in [0.2, 0.25) is 5.91 Å². The number of carbonyl (C=O) groups is 1. The standard InChI is InChI=1S/C13H27NO/c1-4-5-6-7-8-9-10-14-13(15)11-12(2)3/h12H,4-11H2,1-3H3,(H,14,15). The minimum atomic E-state index is 0.207. The molecule has 1 amide bonds. The summed E-state index contributed by atoms with van der Waals surface area (Å²) in [4.78, 5) is 11.3. The Balaban J connectivity index is 3.13. The summed E-state index contributed by atoms with van der Waals surface area (Å²) in [5.74, 6) is 0.674. The van der Waals surface area contributed by atoms with Gasteiger partial charge in [-0.25, -0.2) is 0 Å². The van der Waals surface area contributed by atoms with Crippen LogP contribution >= 0.6 is 0 Å². The lowest BCUT2D eigenvalue weighted by Gasteiger charge is -2.06. The third-order valence-corrected chi connectivity index (χ3v) is 2.45. The summed E-state index contributed by atoms with van der Waals surface area (Å²) in [5.41, 5.74) is 0. The third-order valence-electron chi connectivity index (χ3n) is 2.45. The average Bonchev–Trinajstić information content (AvgIpc) is 2.15. The van der Waals surface area contributed by atoms with Gasteiger partial charge in [-0.3, -0.25) is 4.79 Å². The third kappa shape index (κ3) is 11.4. The molecule has 0 aromatic carbocycles. The zero-order valence-electron chi connectivity index (χ0n) is 10.6. The summed E-state index contributed by atoms with van der Waals surface area (Å²) in [6.07, 6.45) is 8.35. The highest BCUT2D eigenvalue weighted by Gasteiger charge is 2.02. The highest BCUT2D eigenvalue weighted by molar-refractivity contribution is 5.75. The predicted octanol–water partition coefficient (Wildman–Crippen LogP) is 3.51. The first-order valence-corrected chi connectivity index (χ1v) is 6.43. The Bertz CT molecular complexity index is 155. The summed E-state index contributed by atoms with van der Waals surface area (Å²) >= 11 is 0. The molecule has 0 bridgehead atoms. The van der Waals surface area contributed by atoms with Crippen LogP contribution in [0.5, 0.6) is 0 Å². The molecular formula is C13H27NO. The second-order valence-corrected chi connectivity index (χ2v) is 4.72. The molecule has 0 spiro atoms. The molecule has 0 unspecified atom stereocenters. The SMILES string of the molecule is CCCCCCCCNC(=O)CC(C)C. The van der Waals surface area contributed by atoms with Gasteiger partial charge in [0, 0.05) is 13.0 Å². The molecule has 0 heterocycles. The fraction of sp³-hybridized carbons (Fsp3) is 0.923. The molecule has 0 saturated heterocycles. The Kier molecular flexibility index (Phi) is 9.65. The molecule has 0 aromatic rings. The van der Waals surface area contributed by atoms with Gasteiger partial charge in [-0.15, -0.1) is 0 Å². The van der Waals surface area contributed by atoms with E-state index in [1.54, 1.807) is 0 Å². The Hall–Kier alpha value is -0.530. The summed E-state index contributed by atoms with van der Waals surface area (Å²) in [5, 5.41) is 2.97. The van der Waals surface area contributed by atoms with E-state index in [4.69, 9.17) is 0 Å². The number of nitrogens with one attached hydrogen (secondary N) is 1. The van der Waals surface area contributed by atoms with Crippen LogP contribution in [0, 0.1) is 5.92 Å². The predicted molar refractivity (Wildman–Crippen MR) is 65.8 cm³/mol. The number of amides is 1. The van der Waals surface area contributed by atoms with E-state index in [2.05, 4.69) is 26.1 Å². The quantitative estimate of drug-likeness (QED) is 0.583. The molecule has 0 fully saturated rings.